The first-order valence-corrected chi connectivity index (χ1v) is 9.54. The molecule has 1 aliphatic heterocycles. The Kier molecular flexibility index (Phi) is 5.14. The van der Waals surface area contributed by atoms with Crippen molar-refractivity contribution in [3.05, 3.63) is 81.6 Å². The van der Waals surface area contributed by atoms with E-state index >= 15 is 0 Å². The fourth-order valence-corrected chi connectivity index (χ4v) is 3.93. The molecule has 2 heterocycles. The van der Waals surface area contributed by atoms with Crippen LogP contribution in [-0.2, 0) is 6.54 Å². The Morgan fingerprint density at radius 3 is 2.59 bits per heavy atom. The molecule has 0 unspecified atom stereocenters. The monoisotopic (exact) mass is 400 g/mol. The number of aromatic nitrogens is 3. The molecular weight excluding hydrogens is 383 g/mol. The quantitative estimate of drug-likeness (QED) is 0.657. The standard InChI is InChI=1S/C20H18Cl2N4O/c21-17-7-3-1-5-15(17)12-26-13-19(23-24-26)20(27)25-10-9-14(11-25)16-6-2-4-8-18(16)22/h1-8,13-14H,9-12H2/t14-/m0/s1. The number of likely N-dealkylation sites (tertiary alicyclic amines) is 1. The Morgan fingerprint density at radius 2 is 1.81 bits per heavy atom. The Morgan fingerprint density at radius 1 is 1.07 bits per heavy atom. The molecule has 1 amide bonds. The van der Waals surface area contributed by atoms with Gasteiger partial charge in [0.25, 0.3) is 5.91 Å². The zero-order chi connectivity index (χ0) is 18.8. The largest absolute Gasteiger partial charge is 0.337 e. The van der Waals surface area contributed by atoms with Crippen LogP contribution in [0.3, 0.4) is 0 Å². The zero-order valence-electron chi connectivity index (χ0n) is 14.6. The highest BCUT2D eigenvalue weighted by Crippen LogP contribution is 2.32. The Labute approximate surface area is 167 Å². The van der Waals surface area contributed by atoms with Crippen LogP contribution in [0.2, 0.25) is 10.0 Å². The van der Waals surface area contributed by atoms with Gasteiger partial charge in [0.1, 0.15) is 0 Å². The van der Waals surface area contributed by atoms with Crippen LogP contribution < -0.4 is 0 Å². The molecule has 1 saturated heterocycles. The maximum atomic E-state index is 12.8. The van der Waals surface area contributed by atoms with Gasteiger partial charge in [-0.25, -0.2) is 4.68 Å². The molecule has 2 aromatic carbocycles. The van der Waals surface area contributed by atoms with E-state index in [1.54, 1.807) is 10.9 Å². The third-order valence-corrected chi connectivity index (χ3v) is 5.58. The van der Waals surface area contributed by atoms with Crippen molar-refractivity contribution >= 4 is 29.1 Å². The molecule has 1 atom stereocenters. The molecule has 5 nitrogen and oxygen atoms in total. The summed E-state index contributed by atoms with van der Waals surface area (Å²) in [7, 11) is 0. The maximum Gasteiger partial charge on any atom is 0.276 e. The third kappa shape index (κ3) is 3.84. The first-order chi connectivity index (χ1) is 13.1. The van der Waals surface area contributed by atoms with Crippen LogP contribution in [0.5, 0.6) is 0 Å². The topological polar surface area (TPSA) is 51.0 Å². The van der Waals surface area contributed by atoms with Crippen LogP contribution >= 0.6 is 23.2 Å². The highest BCUT2D eigenvalue weighted by atomic mass is 35.5. The van der Waals surface area contributed by atoms with Gasteiger partial charge < -0.3 is 4.90 Å². The number of amides is 1. The molecule has 0 N–H and O–H groups in total. The fraction of sp³-hybridized carbons (Fsp3) is 0.250. The van der Waals surface area contributed by atoms with E-state index in [0.717, 1.165) is 22.6 Å². The minimum Gasteiger partial charge on any atom is -0.337 e. The normalized spacial score (nSPS) is 16.7. The Balaban J connectivity index is 1.44. The van der Waals surface area contributed by atoms with Crippen molar-refractivity contribution in [3.8, 4) is 0 Å². The summed E-state index contributed by atoms with van der Waals surface area (Å²) in [4.78, 5) is 14.6. The number of nitrogens with zero attached hydrogens (tertiary/aromatic N) is 4. The molecule has 1 aromatic heterocycles. The van der Waals surface area contributed by atoms with Crippen molar-refractivity contribution in [2.24, 2.45) is 0 Å². The molecule has 0 radical (unpaired) electrons. The van der Waals surface area contributed by atoms with Gasteiger partial charge in [0, 0.05) is 29.1 Å². The average molecular weight is 401 g/mol. The molecule has 7 heteroatoms. The summed E-state index contributed by atoms with van der Waals surface area (Å²) in [5, 5.41) is 9.55. The lowest BCUT2D eigenvalue weighted by Gasteiger charge is -2.15. The van der Waals surface area contributed by atoms with Crippen molar-refractivity contribution in [1.82, 2.24) is 19.9 Å². The van der Waals surface area contributed by atoms with Gasteiger partial charge in [0.05, 0.1) is 12.7 Å². The SMILES string of the molecule is O=C(c1cn(Cc2ccccc2Cl)nn1)N1CC[C@H](c2ccccc2Cl)C1. The molecule has 0 spiro atoms. The fourth-order valence-electron chi connectivity index (χ4n) is 3.44. The van der Waals surface area contributed by atoms with E-state index in [-0.39, 0.29) is 11.8 Å². The molecule has 4 rings (SSSR count). The Bertz CT molecular complexity index is 972. The smallest absolute Gasteiger partial charge is 0.276 e. The molecular formula is C20H18Cl2N4O. The lowest BCUT2D eigenvalue weighted by Crippen LogP contribution is -2.28. The van der Waals surface area contributed by atoms with Crippen molar-refractivity contribution in [3.63, 3.8) is 0 Å². The molecule has 0 aliphatic carbocycles. The summed E-state index contributed by atoms with van der Waals surface area (Å²) in [6, 6.07) is 15.4. The zero-order valence-corrected chi connectivity index (χ0v) is 16.1. The number of carbonyl (C=O) groups excluding carboxylic acids is 1. The minimum atomic E-state index is -0.102. The van der Waals surface area contributed by atoms with Crippen LogP contribution in [0.1, 0.15) is 34.0 Å². The van der Waals surface area contributed by atoms with Gasteiger partial charge in [-0.15, -0.1) is 5.10 Å². The third-order valence-electron chi connectivity index (χ3n) is 4.87. The Hall–Kier alpha value is -2.37. The molecule has 0 bridgehead atoms. The lowest BCUT2D eigenvalue weighted by atomic mass is 9.98. The number of halogens is 2. The van der Waals surface area contributed by atoms with Crippen molar-refractivity contribution in [1.29, 1.82) is 0 Å². The van der Waals surface area contributed by atoms with E-state index in [0.29, 0.717) is 30.4 Å². The van der Waals surface area contributed by atoms with Gasteiger partial charge in [-0.1, -0.05) is 64.8 Å². The predicted octanol–water partition coefficient (Wildman–Crippen LogP) is 4.26. The molecule has 1 fully saturated rings. The second-order valence-corrected chi connectivity index (χ2v) is 7.47. The molecule has 3 aromatic rings. The summed E-state index contributed by atoms with van der Waals surface area (Å²) in [6.07, 6.45) is 2.57. The van der Waals surface area contributed by atoms with Gasteiger partial charge in [0.15, 0.2) is 5.69 Å². The number of rotatable bonds is 4. The van der Waals surface area contributed by atoms with E-state index in [4.69, 9.17) is 23.2 Å². The van der Waals surface area contributed by atoms with E-state index < -0.39 is 0 Å². The van der Waals surface area contributed by atoms with Gasteiger partial charge >= 0.3 is 0 Å². The van der Waals surface area contributed by atoms with Gasteiger partial charge in [-0.05, 0) is 29.7 Å². The highest BCUT2D eigenvalue weighted by Gasteiger charge is 2.30. The van der Waals surface area contributed by atoms with Crippen LogP contribution in [0, 0.1) is 0 Å². The first kappa shape index (κ1) is 18.0. The molecule has 1 aliphatic rings. The maximum absolute atomic E-state index is 12.8. The lowest BCUT2D eigenvalue weighted by molar-refractivity contribution is 0.0785. The van der Waals surface area contributed by atoms with Crippen molar-refractivity contribution in [2.45, 2.75) is 18.9 Å². The number of hydrogen-bond acceptors (Lipinski definition) is 3. The summed E-state index contributed by atoms with van der Waals surface area (Å²) >= 11 is 12.5. The first-order valence-electron chi connectivity index (χ1n) is 8.79. The van der Waals surface area contributed by atoms with E-state index in [2.05, 4.69) is 10.3 Å². The van der Waals surface area contributed by atoms with Crippen LogP contribution in [0.4, 0.5) is 0 Å². The number of carbonyl (C=O) groups is 1. The number of benzene rings is 2. The summed E-state index contributed by atoms with van der Waals surface area (Å²) in [5.74, 6) is 0.149. The predicted molar refractivity (Wildman–Crippen MR) is 105 cm³/mol. The summed E-state index contributed by atoms with van der Waals surface area (Å²) in [5.41, 5.74) is 2.38. The van der Waals surface area contributed by atoms with Crippen molar-refractivity contribution in [2.75, 3.05) is 13.1 Å². The van der Waals surface area contributed by atoms with Gasteiger partial charge in [-0.2, -0.15) is 0 Å². The molecule has 0 saturated carbocycles. The minimum absolute atomic E-state index is 0.102. The highest BCUT2D eigenvalue weighted by molar-refractivity contribution is 6.31. The van der Waals surface area contributed by atoms with Gasteiger partial charge in [-0.3, -0.25) is 4.79 Å². The van der Waals surface area contributed by atoms with E-state index in [1.807, 2.05) is 53.4 Å². The van der Waals surface area contributed by atoms with Gasteiger partial charge in [0.2, 0.25) is 0 Å². The molecule has 138 valence electrons. The average Bonchev–Trinajstić information content (AvgIpc) is 3.33. The number of hydrogen-bond donors (Lipinski definition) is 0. The van der Waals surface area contributed by atoms with Crippen LogP contribution in [-0.4, -0.2) is 38.9 Å². The van der Waals surface area contributed by atoms with E-state index in [9.17, 15) is 4.79 Å². The molecule has 27 heavy (non-hydrogen) atoms. The van der Waals surface area contributed by atoms with E-state index in [1.165, 1.54) is 0 Å². The van der Waals surface area contributed by atoms with Crippen molar-refractivity contribution < 1.29 is 4.79 Å². The summed E-state index contributed by atoms with van der Waals surface area (Å²) in [6.45, 7) is 1.80. The second-order valence-electron chi connectivity index (χ2n) is 6.65. The second kappa shape index (κ2) is 7.71. The summed E-state index contributed by atoms with van der Waals surface area (Å²) < 4.78 is 1.63. The van der Waals surface area contributed by atoms with Crippen LogP contribution in [0.25, 0.3) is 0 Å². The van der Waals surface area contributed by atoms with Crippen LogP contribution in [0.15, 0.2) is 54.7 Å².